The van der Waals surface area contributed by atoms with Crippen molar-refractivity contribution in [3.63, 3.8) is 0 Å². The Balaban J connectivity index is 3.87. The maximum Gasteiger partial charge on any atom is 0.305 e. The Morgan fingerprint density at radius 3 is 2.69 bits per heavy atom. The molecule has 0 saturated heterocycles. The monoisotopic (exact) mass is 232 g/mol. The lowest BCUT2D eigenvalue weighted by Gasteiger charge is -2.15. The Morgan fingerprint density at radius 1 is 1.50 bits per heavy atom. The number of hydrogen-bond donors (Lipinski definition) is 3. The molecule has 0 aliphatic heterocycles. The predicted octanol–water partition coefficient (Wildman–Crippen LogP) is -0.279. The first-order valence-electron chi connectivity index (χ1n) is 5.39. The molecule has 0 heterocycles. The molecule has 0 radical (unpaired) electrons. The topological polar surface area (TPSA) is 102 Å². The first kappa shape index (κ1) is 14.9. The third-order valence-corrected chi connectivity index (χ3v) is 1.92. The number of nitrogens with two attached hydrogens (primary N) is 1. The van der Waals surface area contributed by atoms with Gasteiger partial charge in [0.15, 0.2) is 0 Å². The van der Waals surface area contributed by atoms with Crippen LogP contribution in [0.1, 0.15) is 26.2 Å². The summed E-state index contributed by atoms with van der Waals surface area (Å²) < 4.78 is 4.94. The van der Waals surface area contributed by atoms with Crippen LogP contribution in [0.5, 0.6) is 0 Å². The number of carboxylic acids is 1. The minimum atomic E-state index is -0.915. The second kappa shape index (κ2) is 9.11. The zero-order valence-corrected chi connectivity index (χ0v) is 9.57. The van der Waals surface area contributed by atoms with E-state index in [-0.39, 0.29) is 25.0 Å². The highest BCUT2D eigenvalue weighted by molar-refractivity contribution is 5.78. The van der Waals surface area contributed by atoms with Gasteiger partial charge in [0.05, 0.1) is 13.0 Å². The van der Waals surface area contributed by atoms with Crippen molar-refractivity contribution >= 4 is 11.9 Å². The van der Waals surface area contributed by atoms with Crippen LogP contribution in [0, 0.1) is 0 Å². The highest BCUT2D eigenvalue weighted by atomic mass is 16.5. The summed E-state index contributed by atoms with van der Waals surface area (Å²) in [6.45, 7) is 2.55. The van der Waals surface area contributed by atoms with Crippen molar-refractivity contribution in [2.45, 2.75) is 32.2 Å². The Kier molecular flexibility index (Phi) is 8.46. The number of amides is 1. The summed E-state index contributed by atoms with van der Waals surface area (Å²) in [5.74, 6) is -1.21. The first-order valence-corrected chi connectivity index (χ1v) is 5.39. The van der Waals surface area contributed by atoms with E-state index in [0.29, 0.717) is 19.6 Å². The summed E-state index contributed by atoms with van der Waals surface area (Å²) in [6, 6.07) is -0.323. The normalized spacial score (nSPS) is 12.1. The molecule has 0 aliphatic carbocycles. The number of nitrogens with one attached hydrogen (secondary N) is 1. The van der Waals surface area contributed by atoms with Crippen LogP contribution < -0.4 is 11.1 Å². The number of rotatable bonds is 9. The van der Waals surface area contributed by atoms with Gasteiger partial charge in [-0.05, 0) is 6.42 Å². The molecule has 0 fully saturated rings. The van der Waals surface area contributed by atoms with E-state index in [1.54, 1.807) is 0 Å². The molecule has 1 atom stereocenters. The van der Waals surface area contributed by atoms with E-state index in [1.807, 2.05) is 6.92 Å². The fraction of sp³-hybridized carbons (Fsp3) is 0.800. The average molecular weight is 232 g/mol. The van der Waals surface area contributed by atoms with Crippen LogP contribution in [0.3, 0.4) is 0 Å². The maximum absolute atomic E-state index is 11.3. The number of hydrogen-bond acceptors (Lipinski definition) is 4. The minimum absolute atomic E-state index is 0.0591. The van der Waals surface area contributed by atoms with Crippen LogP contribution in [0.25, 0.3) is 0 Å². The zero-order valence-electron chi connectivity index (χ0n) is 9.57. The van der Waals surface area contributed by atoms with E-state index in [0.717, 1.165) is 6.42 Å². The summed E-state index contributed by atoms with van der Waals surface area (Å²) >= 11 is 0. The van der Waals surface area contributed by atoms with Crippen LogP contribution in [0.2, 0.25) is 0 Å². The summed E-state index contributed by atoms with van der Waals surface area (Å²) in [4.78, 5) is 21.8. The molecule has 0 rings (SSSR count). The first-order chi connectivity index (χ1) is 7.60. The molecule has 0 aromatic rings. The van der Waals surface area contributed by atoms with Crippen molar-refractivity contribution in [2.24, 2.45) is 5.73 Å². The lowest BCUT2D eigenvalue weighted by Crippen LogP contribution is -2.38. The van der Waals surface area contributed by atoms with E-state index in [4.69, 9.17) is 15.6 Å². The van der Waals surface area contributed by atoms with Gasteiger partial charge in [-0.3, -0.25) is 9.59 Å². The second-order valence-corrected chi connectivity index (χ2v) is 3.49. The quantitative estimate of drug-likeness (QED) is 0.475. The van der Waals surface area contributed by atoms with Crippen LogP contribution in [-0.2, 0) is 14.3 Å². The number of ether oxygens (including phenoxy) is 1. The van der Waals surface area contributed by atoms with Gasteiger partial charge in [-0.2, -0.15) is 0 Å². The fourth-order valence-electron chi connectivity index (χ4n) is 1.30. The van der Waals surface area contributed by atoms with E-state index < -0.39 is 5.97 Å². The number of carbonyl (C=O) groups is 2. The summed E-state index contributed by atoms with van der Waals surface area (Å²) in [5.41, 5.74) is 5.20. The third kappa shape index (κ3) is 8.19. The highest BCUT2D eigenvalue weighted by Crippen LogP contribution is 2.01. The minimum Gasteiger partial charge on any atom is -0.481 e. The lowest BCUT2D eigenvalue weighted by atomic mass is 10.1. The van der Waals surface area contributed by atoms with Crippen LogP contribution >= 0.6 is 0 Å². The Hall–Kier alpha value is -1.14. The number of aliphatic carboxylic acids is 1. The van der Waals surface area contributed by atoms with Gasteiger partial charge in [0.25, 0.3) is 0 Å². The maximum atomic E-state index is 11.3. The van der Waals surface area contributed by atoms with Gasteiger partial charge in [-0.1, -0.05) is 13.3 Å². The largest absolute Gasteiger partial charge is 0.481 e. The average Bonchev–Trinajstić information content (AvgIpc) is 2.17. The van der Waals surface area contributed by atoms with Crippen LogP contribution in [-0.4, -0.2) is 42.8 Å². The molecule has 0 saturated carbocycles. The smallest absolute Gasteiger partial charge is 0.305 e. The lowest BCUT2D eigenvalue weighted by molar-refractivity contribution is -0.138. The molecule has 0 bridgehead atoms. The van der Waals surface area contributed by atoms with Gasteiger partial charge >= 0.3 is 5.97 Å². The predicted molar refractivity (Wildman–Crippen MR) is 59.0 cm³/mol. The summed E-state index contributed by atoms with van der Waals surface area (Å²) in [5, 5.41) is 11.3. The van der Waals surface area contributed by atoms with Gasteiger partial charge in [-0.25, -0.2) is 0 Å². The summed E-state index contributed by atoms with van der Waals surface area (Å²) in [6.07, 6.45) is 1.41. The van der Waals surface area contributed by atoms with Gasteiger partial charge in [0, 0.05) is 12.6 Å². The SMILES string of the molecule is CCCC(CC(=O)O)NC(=O)COCCN. The Morgan fingerprint density at radius 2 is 2.19 bits per heavy atom. The van der Waals surface area contributed by atoms with E-state index in [1.165, 1.54) is 0 Å². The van der Waals surface area contributed by atoms with Gasteiger partial charge < -0.3 is 20.9 Å². The fourth-order valence-corrected chi connectivity index (χ4v) is 1.30. The Bertz CT molecular complexity index is 221. The molecule has 4 N–H and O–H groups in total. The van der Waals surface area contributed by atoms with Crippen molar-refractivity contribution in [3.05, 3.63) is 0 Å². The highest BCUT2D eigenvalue weighted by Gasteiger charge is 2.14. The number of carboxylic acid groups (broad SMARTS) is 1. The second-order valence-electron chi connectivity index (χ2n) is 3.49. The van der Waals surface area contributed by atoms with Gasteiger partial charge in [-0.15, -0.1) is 0 Å². The number of carbonyl (C=O) groups excluding carboxylic acids is 1. The van der Waals surface area contributed by atoms with Crippen molar-refractivity contribution in [3.8, 4) is 0 Å². The molecular weight excluding hydrogens is 212 g/mol. The molecule has 1 amide bonds. The molecule has 6 heteroatoms. The van der Waals surface area contributed by atoms with Crippen molar-refractivity contribution in [2.75, 3.05) is 19.8 Å². The standard InChI is InChI=1S/C10H20N2O4/c1-2-3-8(6-10(14)15)12-9(13)7-16-5-4-11/h8H,2-7,11H2,1H3,(H,12,13)(H,14,15). The van der Waals surface area contributed by atoms with Crippen molar-refractivity contribution < 1.29 is 19.4 Å². The van der Waals surface area contributed by atoms with E-state index >= 15 is 0 Å². The molecule has 16 heavy (non-hydrogen) atoms. The molecule has 1 unspecified atom stereocenters. The van der Waals surface area contributed by atoms with Crippen LogP contribution in [0.4, 0.5) is 0 Å². The molecule has 94 valence electrons. The molecular formula is C10H20N2O4. The van der Waals surface area contributed by atoms with E-state index in [9.17, 15) is 9.59 Å². The van der Waals surface area contributed by atoms with Gasteiger partial charge in [0.1, 0.15) is 6.61 Å². The Labute approximate surface area is 95.1 Å². The molecule has 0 spiro atoms. The molecule has 0 aliphatic rings. The van der Waals surface area contributed by atoms with E-state index in [2.05, 4.69) is 5.32 Å². The molecule has 6 nitrogen and oxygen atoms in total. The zero-order chi connectivity index (χ0) is 12.4. The van der Waals surface area contributed by atoms with Gasteiger partial charge in [0.2, 0.25) is 5.91 Å². The third-order valence-electron chi connectivity index (χ3n) is 1.92. The van der Waals surface area contributed by atoms with Crippen molar-refractivity contribution in [1.29, 1.82) is 0 Å². The van der Waals surface area contributed by atoms with Crippen LogP contribution in [0.15, 0.2) is 0 Å². The summed E-state index contributed by atoms with van der Waals surface area (Å²) in [7, 11) is 0. The van der Waals surface area contributed by atoms with Crippen molar-refractivity contribution in [1.82, 2.24) is 5.32 Å². The molecule has 0 aromatic heterocycles. The molecule has 0 aromatic carbocycles.